The Balaban J connectivity index is 2.04. The van der Waals surface area contributed by atoms with Crippen molar-refractivity contribution in [1.29, 1.82) is 0 Å². The molecule has 1 atom stereocenters. The van der Waals surface area contributed by atoms with Gasteiger partial charge in [0.2, 0.25) is 0 Å². The van der Waals surface area contributed by atoms with Crippen LogP contribution in [0, 0.1) is 0 Å². The molecule has 1 aromatic rings. The SMILES string of the molecule is C=C(C)COc1nc(OCC(=C)C)nc(OCC2CO2)n1. The van der Waals surface area contributed by atoms with Crippen LogP contribution in [0.25, 0.3) is 0 Å². The molecule has 1 aliphatic rings. The summed E-state index contributed by atoms with van der Waals surface area (Å²) in [6.07, 6.45) is 0.112. The van der Waals surface area contributed by atoms with Gasteiger partial charge in [-0.1, -0.05) is 13.2 Å². The summed E-state index contributed by atoms with van der Waals surface area (Å²) >= 11 is 0. The number of aromatic nitrogens is 3. The zero-order valence-corrected chi connectivity index (χ0v) is 12.3. The molecule has 0 radical (unpaired) electrons. The first kappa shape index (κ1) is 15.2. The molecule has 0 aromatic carbocycles. The van der Waals surface area contributed by atoms with Crippen LogP contribution in [0.3, 0.4) is 0 Å². The molecule has 7 heteroatoms. The Morgan fingerprint density at radius 2 is 1.43 bits per heavy atom. The van der Waals surface area contributed by atoms with Crippen molar-refractivity contribution in [2.45, 2.75) is 20.0 Å². The molecule has 7 nitrogen and oxygen atoms in total. The van der Waals surface area contributed by atoms with Gasteiger partial charge in [-0.3, -0.25) is 0 Å². The van der Waals surface area contributed by atoms with Crippen LogP contribution in [-0.2, 0) is 4.74 Å². The number of hydrogen-bond acceptors (Lipinski definition) is 7. The maximum atomic E-state index is 5.43. The molecule has 0 bridgehead atoms. The predicted octanol–water partition coefficient (Wildman–Crippen LogP) is 1.56. The first-order chi connectivity index (χ1) is 10.0. The minimum atomic E-state index is 0.112. The molecular formula is C14H19N3O4. The molecule has 0 amide bonds. The molecule has 21 heavy (non-hydrogen) atoms. The Morgan fingerprint density at radius 3 is 1.81 bits per heavy atom. The second kappa shape index (κ2) is 7.03. The van der Waals surface area contributed by atoms with E-state index in [9.17, 15) is 0 Å². The van der Waals surface area contributed by atoms with Crippen molar-refractivity contribution in [1.82, 2.24) is 15.0 Å². The largest absolute Gasteiger partial charge is 0.460 e. The third-order valence-corrected chi connectivity index (χ3v) is 2.27. The van der Waals surface area contributed by atoms with Gasteiger partial charge in [0.1, 0.15) is 25.9 Å². The maximum absolute atomic E-state index is 5.43. The normalized spacial score (nSPS) is 16.2. The molecule has 1 aromatic heterocycles. The van der Waals surface area contributed by atoms with Crippen LogP contribution < -0.4 is 14.2 Å². The van der Waals surface area contributed by atoms with Crippen LogP contribution in [0.1, 0.15) is 13.8 Å². The van der Waals surface area contributed by atoms with Crippen LogP contribution in [0.15, 0.2) is 24.3 Å². The number of rotatable bonds is 9. The second-order valence-electron chi connectivity index (χ2n) is 4.94. The summed E-state index contributed by atoms with van der Waals surface area (Å²) < 4.78 is 21.3. The molecular weight excluding hydrogens is 274 g/mol. The Bertz CT molecular complexity index is 493. The highest BCUT2D eigenvalue weighted by Gasteiger charge is 2.24. The number of ether oxygens (including phenoxy) is 4. The average molecular weight is 293 g/mol. The van der Waals surface area contributed by atoms with Crippen molar-refractivity contribution < 1.29 is 18.9 Å². The van der Waals surface area contributed by atoms with E-state index in [0.29, 0.717) is 26.4 Å². The van der Waals surface area contributed by atoms with Crippen LogP contribution in [0.2, 0.25) is 0 Å². The van der Waals surface area contributed by atoms with E-state index in [1.54, 1.807) is 0 Å². The lowest BCUT2D eigenvalue weighted by atomic mass is 10.4. The van der Waals surface area contributed by atoms with Crippen molar-refractivity contribution in [3.05, 3.63) is 24.3 Å². The lowest BCUT2D eigenvalue weighted by Gasteiger charge is -2.09. The van der Waals surface area contributed by atoms with Gasteiger partial charge < -0.3 is 18.9 Å². The standard InChI is InChI=1S/C14H19N3O4/c1-9(2)5-19-12-15-13(20-6-10(3)4)17-14(16-12)21-8-11-7-18-11/h11H,1,3,5-8H2,2,4H3. The first-order valence-electron chi connectivity index (χ1n) is 6.58. The van der Waals surface area contributed by atoms with Gasteiger partial charge in [0.15, 0.2) is 0 Å². The third kappa shape index (κ3) is 5.78. The van der Waals surface area contributed by atoms with Crippen LogP contribution in [0.5, 0.6) is 18.0 Å². The van der Waals surface area contributed by atoms with Crippen molar-refractivity contribution in [3.63, 3.8) is 0 Å². The van der Waals surface area contributed by atoms with Crippen LogP contribution in [0.4, 0.5) is 0 Å². The summed E-state index contributed by atoms with van der Waals surface area (Å²) in [6.45, 7) is 12.9. The minimum absolute atomic E-state index is 0.112. The average Bonchev–Trinajstić information content (AvgIpc) is 3.25. The summed E-state index contributed by atoms with van der Waals surface area (Å²) in [5.74, 6) is 0. The van der Waals surface area contributed by atoms with E-state index in [2.05, 4.69) is 28.1 Å². The predicted molar refractivity (Wildman–Crippen MR) is 75.7 cm³/mol. The number of nitrogens with zero attached hydrogens (tertiary/aromatic N) is 3. The van der Waals surface area contributed by atoms with Crippen molar-refractivity contribution >= 4 is 0 Å². The van der Waals surface area contributed by atoms with Crippen molar-refractivity contribution in [2.75, 3.05) is 26.4 Å². The molecule has 0 N–H and O–H groups in total. The number of hydrogen-bond donors (Lipinski definition) is 0. The van der Waals surface area contributed by atoms with E-state index >= 15 is 0 Å². The Morgan fingerprint density at radius 1 is 1.00 bits per heavy atom. The Hall–Kier alpha value is -2.15. The zero-order valence-electron chi connectivity index (χ0n) is 12.3. The topological polar surface area (TPSA) is 78.9 Å². The maximum Gasteiger partial charge on any atom is 0.326 e. The summed E-state index contributed by atoms with van der Waals surface area (Å²) in [7, 11) is 0. The fraction of sp³-hybridized carbons (Fsp3) is 0.500. The molecule has 0 spiro atoms. The van der Waals surface area contributed by atoms with E-state index < -0.39 is 0 Å². The fourth-order valence-electron chi connectivity index (χ4n) is 1.22. The smallest absolute Gasteiger partial charge is 0.326 e. The fourth-order valence-corrected chi connectivity index (χ4v) is 1.22. The molecule has 114 valence electrons. The lowest BCUT2D eigenvalue weighted by Crippen LogP contribution is -2.11. The molecule has 2 rings (SSSR count). The van der Waals surface area contributed by atoms with Gasteiger partial charge in [-0.2, -0.15) is 0 Å². The second-order valence-corrected chi connectivity index (χ2v) is 4.94. The minimum Gasteiger partial charge on any atom is -0.460 e. The highest BCUT2D eigenvalue weighted by atomic mass is 16.6. The van der Waals surface area contributed by atoms with Gasteiger partial charge >= 0.3 is 18.0 Å². The summed E-state index contributed by atoms with van der Waals surface area (Å²) in [5.41, 5.74) is 1.71. The van der Waals surface area contributed by atoms with Crippen molar-refractivity contribution in [2.24, 2.45) is 0 Å². The van der Waals surface area contributed by atoms with Gasteiger partial charge in [0.05, 0.1) is 6.61 Å². The quantitative estimate of drug-likeness (QED) is 0.505. The van der Waals surface area contributed by atoms with Gasteiger partial charge in [-0.25, -0.2) is 0 Å². The first-order valence-corrected chi connectivity index (χ1v) is 6.58. The molecule has 1 aliphatic heterocycles. The summed E-state index contributed by atoms with van der Waals surface area (Å²) in [4.78, 5) is 12.2. The van der Waals surface area contributed by atoms with E-state index in [1.165, 1.54) is 0 Å². The van der Waals surface area contributed by atoms with E-state index in [1.807, 2.05) is 13.8 Å². The molecule has 0 aliphatic carbocycles. The zero-order chi connectivity index (χ0) is 15.2. The highest BCUT2D eigenvalue weighted by molar-refractivity contribution is 5.10. The van der Waals surface area contributed by atoms with Gasteiger partial charge in [-0.15, -0.1) is 15.0 Å². The molecule has 1 fully saturated rings. The van der Waals surface area contributed by atoms with E-state index in [-0.39, 0.29) is 24.1 Å². The van der Waals surface area contributed by atoms with Gasteiger partial charge in [-0.05, 0) is 25.0 Å². The van der Waals surface area contributed by atoms with Crippen molar-refractivity contribution in [3.8, 4) is 18.0 Å². The number of epoxide rings is 1. The molecule has 2 heterocycles. The highest BCUT2D eigenvalue weighted by Crippen LogP contribution is 2.17. The third-order valence-electron chi connectivity index (χ3n) is 2.27. The van der Waals surface area contributed by atoms with Gasteiger partial charge in [0, 0.05) is 0 Å². The molecule has 1 saturated heterocycles. The monoisotopic (exact) mass is 293 g/mol. The Kier molecular flexibility index (Phi) is 5.10. The summed E-state index contributed by atoms with van der Waals surface area (Å²) in [6, 6.07) is 0.418. The summed E-state index contributed by atoms with van der Waals surface area (Å²) in [5, 5.41) is 0. The molecule has 0 saturated carbocycles. The Labute approximate surface area is 123 Å². The van der Waals surface area contributed by atoms with E-state index in [0.717, 1.165) is 11.1 Å². The van der Waals surface area contributed by atoms with Gasteiger partial charge in [0.25, 0.3) is 0 Å². The van der Waals surface area contributed by atoms with Crippen LogP contribution >= 0.6 is 0 Å². The lowest BCUT2D eigenvalue weighted by molar-refractivity contribution is 0.227. The van der Waals surface area contributed by atoms with Crippen LogP contribution in [-0.4, -0.2) is 47.5 Å². The van der Waals surface area contributed by atoms with E-state index in [4.69, 9.17) is 18.9 Å². The molecule has 1 unspecified atom stereocenters.